The van der Waals surface area contributed by atoms with Gasteiger partial charge in [0, 0.05) is 6.20 Å². The first-order valence-electron chi connectivity index (χ1n) is 8.18. The lowest BCUT2D eigenvalue weighted by Crippen LogP contribution is -2.36. The van der Waals surface area contributed by atoms with Crippen LogP contribution < -0.4 is 0 Å². The zero-order valence-corrected chi connectivity index (χ0v) is 16.1. The van der Waals surface area contributed by atoms with E-state index in [9.17, 15) is 5.11 Å². The minimum absolute atomic E-state index is 0.238. The van der Waals surface area contributed by atoms with Crippen molar-refractivity contribution in [2.75, 3.05) is 0 Å². The Balaban J connectivity index is 1.61. The van der Waals surface area contributed by atoms with E-state index >= 15 is 0 Å². The van der Waals surface area contributed by atoms with Gasteiger partial charge >= 0.3 is 0 Å². The Morgan fingerprint density at radius 1 is 1.15 bits per heavy atom. The van der Waals surface area contributed by atoms with Gasteiger partial charge in [0.2, 0.25) is 0 Å². The highest BCUT2D eigenvalue weighted by Gasteiger charge is 2.41. The molecule has 3 heterocycles. The summed E-state index contributed by atoms with van der Waals surface area (Å²) in [5.41, 5.74) is 0.184. The van der Waals surface area contributed by atoms with Crippen LogP contribution in [0.5, 0.6) is 0 Å². The van der Waals surface area contributed by atoms with Crippen molar-refractivity contribution in [1.82, 2.24) is 14.5 Å². The highest BCUT2D eigenvalue weighted by molar-refractivity contribution is 6.42. The summed E-state index contributed by atoms with van der Waals surface area (Å²) in [5.74, 6) is 0. The molecule has 1 N–H and O–H groups in total. The summed E-state index contributed by atoms with van der Waals surface area (Å²) >= 11 is 18.2. The highest BCUT2D eigenvalue weighted by atomic mass is 35.5. The van der Waals surface area contributed by atoms with Crippen molar-refractivity contribution in [2.24, 2.45) is 0 Å². The Kier molecular flexibility index (Phi) is 4.61. The minimum Gasteiger partial charge on any atom is -0.383 e. The van der Waals surface area contributed by atoms with E-state index in [1.54, 1.807) is 25.1 Å². The zero-order valence-electron chi connectivity index (χ0n) is 13.9. The van der Waals surface area contributed by atoms with Gasteiger partial charge in [0.05, 0.1) is 21.5 Å². The van der Waals surface area contributed by atoms with Crippen LogP contribution in [0.25, 0.3) is 11.0 Å². The van der Waals surface area contributed by atoms with Crippen LogP contribution in [0.15, 0.2) is 36.8 Å². The lowest BCUT2D eigenvalue weighted by molar-refractivity contribution is -0.113. The van der Waals surface area contributed by atoms with Crippen LogP contribution in [0.3, 0.4) is 0 Å². The summed E-state index contributed by atoms with van der Waals surface area (Å²) < 4.78 is 8.10. The van der Waals surface area contributed by atoms with Crippen molar-refractivity contribution >= 4 is 45.8 Å². The number of rotatable bonds is 3. The molecule has 1 fully saturated rings. The van der Waals surface area contributed by atoms with E-state index in [1.165, 1.54) is 6.33 Å². The summed E-state index contributed by atoms with van der Waals surface area (Å²) in [5, 5.41) is 13.1. The van der Waals surface area contributed by atoms with E-state index in [-0.39, 0.29) is 12.3 Å². The van der Waals surface area contributed by atoms with Crippen LogP contribution in [-0.2, 0) is 10.3 Å². The molecule has 0 radical (unpaired) electrons. The van der Waals surface area contributed by atoms with Gasteiger partial charge in [0.25, 0.3) is 0 Å². The molecule has 3 atom stereocenters. The number of nitrogens with zero attached hydrogens (tertiary/aromatic N) is 3. The van der Waals surface area contributed by atoms with Crippen LogP contribution >= 0.6 is 34.8 Å². The minimum atomic E-state index is -1.20. The second-order valence-corrected chi connectivity index (χ2v) is 7.73. The molecule has 0 bridgehead atoms. The molecule has 0 amide bonds. The van der Waals surface area contributed by atoms with Gasteiger partial charge in [-0.2, -0.15) is 0 Å². The van der Waals surface area contributed by atoms with Crippen LogP contribution in [0.4, 0.5) is 0 Å². The lowest BCUT2D eigenvalue weighted by Gasteiger charge is -2.31. The Hall–Kier alpha value is -1.37. The van der Waals surface area contributed by atoms with Crippen LogP contribution in [0, 0.1) is 0 Å². The molecule has 1 aliphatic rings. The first kappa shape index (κ1) is 18.0. The Morgan fingerprint density at radius 3 is 2.73 bits per heavy atom. The average Bonchev–Trinajstić information content (AvgIpc) is 3.24. The van der Waals surface area contributed by atoms with E-state index in [4.69, 9.17) is 39.5 Å². The number of fused-ring (bicyclic) bond motifs is 1. The maximum absolute atomic E-state index is 11.1. The van der Waals surface area contributed by atoms with Crippen LogP contribution in [0.2, 0.25) is 15.2 Å². The summed E-state index contributed by atoms with van der Waals surface area (Å²) in [6, 6.07) is 6.99. The zero-order chi connectivity index (χ0) is 18.5. The molecule has 0 aliphatic carbocycles. The maximum atomic E-state index is 11.1. The van der Waals surface area contributed by atoms with Crippen molar-refractivity contribution < 1.29 is 9.84 Å². The number of aromatic nitrogens is 3. The highest BCUT2D eigenvalue weighted by Crippen LogP contribution is 2.41. The molecule has 136 valence electrons. The number of aliphatic hydroxyl groups is 1. The predicted octanol–water partition coefficient (Wildman–Crippen LogP) is 4.98. The SMILES string of the molecule is C[C@@](O)(c1ccc(Cl)c(Cl)c1)C1CCC(n2ccc3c(Cl)ncnc32)O1. The van der Waals surface area contributed by atoms with Crippen molar-refractivity contribution in [3.63, 3.8) is 0 Å². The van der Waals surface area contributed by atoms with Crippen molar-refractivity contribution in [3.8, 4) is 0 Å². The average molecular weight is 413 g/mol. The van der Waals surface area contributed by atoms with Gasteiger partial charge in [0.1, 0.15) is 29.0 Å². The molecule has 3 aromatic rings. The van der Waals surface area contributed by atoms with Gasteiger partial charge in [0.15, 0.2) is 0 Å². The predicted molar refractivity (Wildman–Crippen MR) is 102 cm³/mol. The van der Waals surface area contributed by atoms with E-state index in [1.807, 2.05) is 16.8 Å². The standard InChI is InChI=1S/C18H16Cl3N3O2/c1-18(25,10-2-3-12(19)13(20)8-10)14-4-5-15(26-14)24-7-6-11-16(21)22-9-23-17(11)24/h2-3,6-9,14-15,25H,4-5H2,1H3/t14?,15?,18-/m1/s1. The molecule has 2 aromatic heterocycles. The van der Waals surface area contributed by atoms with E-state index in [0.717, 1.165) is 11.8 Å². The molecular formula is C18H16Cl3N3O2. The number of hydrogen-bond donors (Lipinski definition) is 1. The number of benzene rings is 1. The Morgan fingerprint density at radius 2 is 1.96 bits per heavy atom. The van der Waals surface area contributed by atoms with Crippen molar-refractivity contribution in [3.05, 3.63) is 57.6 Å². The largest absolute Gasteiger partial charge is 0.383 e. The van der Waals surface area contributed by atoms with Gasteiger partial charge in [-0.15, -0.1) is 0 Å². The van der Waals surface area contributed by atoms with Gasteiger partial charge in [-0.3, -0.25) is 0 Å². The van der Waals surface area contributed by atoms with Crippen molar-refractivity contribution in [2.45, 2.75) is 37.7 Å². The van der Waals surface area contributed by atoms with E-state index in [0.29, 0.717) is 32.8 Å². The fourth-order valence-corrected chi connectivity index (χ4v) is 3.90. The molecule has 26 heavy (non-hydrogen) atoms. The molecule has 1 aromatic carbocycles. The summed E-state index contributed by atoms with van der Waals surface area (Å²) in [7, 11) is 0. The molecule has 1 saturated heterocycles. The molecule has 0 spiro atoms. The third-order valence-electron chi connectivity index (χ3n) is 4.90. The lowest BCUT2D eigenvalue weighted by atomic mass is 9.88. The number of hydrogen-bond acceptors (Lipinski definition) is 4. The van der Waals surface area contributed by atoms with Crippen molar-refractivity contribution in [1.29, 1.82) is 0 Å². The third kappa shape index (κ3) is 2.98. The van der Waals surface area contributed by atoms with E-state index < -0.39 is 5.60 Å². The molecular weight excluding hydrogens is 397 g/mol. The third-order valence-corrected chi connectivity index (χ3v) is 5.94. The Bertz CT molecular complexity index is 973. The summed E-state index contributed by atoms with van der Waals surface area (Å²) in [6.45, 7) is 1.73. The molecule has 4 rings (SSSR count). The van der Waals surface area contributed by atoms with Crippen LogP contribution in [-0.4, -0.2) is 25.7 Å². The monoisotopic (exact) mass is 411 g/mol. The molecule has 5 nitrogen and oxygen atoms in total. The second kappa shape index (κ2) is 6.66. The fourth-order valence-electron chi connectivity index (χ4n) is 3.41. The molecule has 0 saturated carbocycles. The van der Waals surface area contributed by atoms with Gasteiger partial charge in [-0.1, -0.05) is 40.9 Å². The first-order valence-corrected chi connectivity index (χ1v) is 9.31. The quantitative estimate of drug-likeness (QED) is 0.617. The number of halogens is 3. The topological polar surface area (TPSA) is 60.2 Å². The molecule has 2 unspecified atom stereocenters. The second-order valence-electron chi connectivity index (χ2n) is 6.56. The van der Waals surface area contributed by atoms with E-state index in [2.05, 4.69) is 9.97 Å². The van der Waals surface area contributed by atoms with Gasteiger partial charge in [-0.25, -0.2) is 9.97 Å². The normalized spacial score (nSPS) is 22.7. The smallest absolute Gasteiger partial charge is 0.146 e. The fraction of sp³-hybridized carbons (Fsp3) is 0.333. The van der Waals surface area contributed by atoms with Gasteiger partial charge in [-0.05, 0) is 43.5 Å². The molecule has 8 heteroatoms. The van der Waals surface area contributed by atoms with Crippen LogP contribution in [0.1, 0.15) is 31.6 Å². The van der Waals surface area contributed by atoms with Gasteiger partial charge < -0.3 is 14.4 Å². The molecule has 1 aliphatic heterocycles. The summed E-state index contributed by atoms with van der Waals surface area (Å²) in [4.78, 5) is 8.30. The number of ether oxygens (including phenoxy) is 1. The maximum Gasteiger partial charge on any atom is 0.146 e. The Labute approximate surface area is 165 Å². The summed E-state index contributed by atoms with van der Waals surface area (Å²) in [6.07, 6.45) is 4.12. The first-order chi connectivity index (χ1) is 12.4.